The maximum atomic E-state index is 12.8. The van der Waals surface area contributed by atoms with E-state index in [1.54, 1.807) is 6.92 Å². The highest BCUT2D eigenvalue weighted by molar-refractivity contribution is 6.07. The van der Waals surface area contributed by atoms with Crippen LogP contribution in [0.25, 0.3) is 0 Å². The average Bonchev–Trinajstić information content (AvgIpc) is 2.08. The lowest BCUT2D eigenvalue weighted by molar-refractivity contribution is -0.0581. The van der Waals surface area contributed by atoms with Crippen molar-refractivity contribution in [1.29, 1.82) is 0 Å². The number of alkyl halides is 3. The summed E-state index contributed by atoms with van der Waals surface area (Å²) in [7, 11) is 0. The molecular weight excluding hydrogens is 215 g/mol. The molecule has 0 fully saturated rings. The Hall–Kier alpha value is -1.32. The molecule has 0 aliphatic rings. The van der Waals surface area contributed by atoms with Crippen molar-refractivity contribution >= 4 is 5.71 Å². The Kier molecular flexibility index (Phi) is 5.21. The minimum Gasteiger partial charge on any atom is -0.249 e. The van der Waals surface area contributed by atoms with Gasteiger partial charge in [-0.05, 0) is 25.8 Å². The average molecular weight is 231 g/mol. The van der Waals surface area contributed by atoms with Gasteiger partial charge < -0.3 is 0 Å². The zero-order chi connectivity index (χ0) is 12.9. The van der Waals surface area contributed by atoms with Gasteiger partial charge in [-0.15, -0.1) is 0 Å². The van der Waals surface area contributed by atoms with E-state index in [9.17, 15) is 13.2 Å². The fourth-order valence-electron chi connectivity index (χ4n) is 1.14. The fourth-order valence-corrected chi connectivity index (χ4v) is 1.14. The van der Waals surface area contributed by atoms with Gasteiger partial charge in [-0.1, -0.05) is 26.2 Å². The first-order chi connectivity index (χ1) is 7.20. The smallest absolute Gasteiger partial charge is 0.249 e. The topological polar surface area (TPSA) is 12.4 Å². The lowest BCUT2D eigenvalue weighted by atomic mass is 10.0. The molecule has 90 valence electrons. The standard InChI is InChI=1S/C12H16F3N/c1-6-7-10(8(2)3)11(12(13,14)15)16-9(4)5/h7H,2,4,6H2,1,3,5H3/b10-7-,16-11?. The van der Waals surface area contributed by atoms with E-state index in [1.807, 2.05) is 0 Å². The Balaban J connectivity index is 5.59. The maximum Gasteiger partial charge on any atom is 0.433 e. The molecule has 0 bridgehead atoms. The molecule has 0 aromatic heterocycles. The first-order valence-corrected chi connectivity index (χ1v) is 4.88. The monoisotopic (exact) mass is 231 g/mol. The van der Waals surface area contributed by atoms with Crippen molar-refractivity contribution < 1.29 is 13.2 Å². The van der Waals surface area contributed by atoms with Gasteiger partial charge in [0.15, 0.2) is 5.71 Å². The molecule has 0 aliphatic carbocycles. The Morgan fingerprint density at radius 2 is 1.75 bits per heavy atom. The highest BCUT2D eigenvalue weighted by Gasteiger charge is 2.38. The minimum absolute atomic E-state index is 0.0398. The first kappa shape index (κ1) is 14.7. The van der Waals surface area contributed by atoms with Crippen molar-refractivity contribution in [3.05, 3.63) is 36.1 Å². The first-order valence-electron chi connectivity index (χ1n) is 4.88. The van der Waals surface area contributed by atoms with Gasteiger partial charge >= 0.3 is 6.18 Å². The van der Waals surface area contributed by atoms with Crippen LogP contribution in [0.3, 0.4) is 0 Å². The molecule has 0 amide bonds. The summed E-state index contributed by atoms with van der Waals surface area (Å²) in [5.41, 5.74) is -0.415. The zero-order valence-electron chi connectivity index (χ0n) is 9.78. The summed E-state index contributed by atoms with van der Waals surface area (Å²) in [6.07, 6.45) is -2.52. The van der Waals surface area contributed by atoms with E-state index in [0.29, 0.717) is 12.0 Å². The van der Waals surface area contributed by atoms with E-state index in [2.05, 4.69) is 18.2 Å². The molecule has 0 saturated heterocycles. The van der Waals surface area contributed by atoms with Gasteiger partial charge in [0, 0.05) is 11.3 Å². The Labute approximate surface area is 94.1 Å². The van der Waals surface area contributed by atoms with Crippen molar-refractivity contribution in [2.24, 2.45) is 4.99 Å². The molecule has 0 radical (unpaired) electrons. The summed E-state index contributed by atoms with van der Waals surface area (Å²) in [5, 5.41) is 0. The molecule has 0 saturated carbocycles. The third-order valence-corrected chi connectivity index (χ3v) is 1.69. The zero-order valence-corrected chi connectivity index (χ0v) is 9.78. The van der Waals surface area contributed by atoms with E-state index in [4.69, 9.17) is 0 Å². The van der Waals surface area contributed by atoms with Crippen molar-refractivity contribution in [2.75, 3.05) is 0 Å². The fraction of sp³-hybridized carbons (Fsp3) is 0.417. The third kappa shape index (κ3) is 4.47. The molecule has 4 heteroatoms. The van der Waals surface area contributed by atoms with Crippen LogP contribution in [-0.4, -0.2) is 11.9 Å². The molecule has 1 nitrogen and oxygen atoms in total. The molecule has 0 N–H and O–H groups in total. The second-order valence-corrected chi connectivity index (χ2v) is 3.50. The summed E-state index contributed by atoms with van der Waals surface area (Å²) in [6.45, 7) is 11.6. The second kappa shape index (κ2) is 5.68. The van der Waals surface area contributed by atoms with Gasteiger partial charge in [0.25, 0.3) is 0 Å². The predicted molar refractivity (Wildman–Crippen MR) is 61.5 cm³/mol. The van der Waals surface area contributed by atoms with E-state index >= 15 is 0 Å². The van der Waals surface area contributed by atoms with Crippen LogP contribution in [0.1, 0.15) is 27.2 Å². The molecule has 0 spiro atoms. The molecule has 0 aromatic rings. The Morgan fingerprint density at radius 3 is 2.00 bits per heavy atom. The molecule has 16 heavy (non-hydrogen) atoms. The molecule has 0 rings (SSSR count). The van der Waals surface area contributed by atoms with Crippen LogP contribution in [0.5, 0.6) is 0 Å². The number of halogens is 3. The van der Waals surface area contributed by atoms with E-state index in [-0.39, 0.29) is 11.3 Å². The van der Waals surface area contributed by atoms with E-state index in [1.165, 1.54) is 19.9 Å². The van der Waals surface area contributed by atoms with E-state index < -0.39 is 11.9 Å². The summed E-state index contributed by atoms with van der Waals surface area (Å²) in [6, 6.07) is 0. The van der Waals surface area contributed by atoms with Crippen LogP contribution in [0.2, 0.25) is 0 Å². The molecule has 0 aromatic carbocycles. The highest BCUT2D eigenvalue weighted by atomic mass is 19.4. The van der Waals surface area contributed by atoms with Gasteiger partial charge in [-0.3, -0.25) is 0 Å². The van der Waals surface area contributed by atoms with Crippen molar-refractivity contribution in [1.82, 2.24) is 0 Å². The molecule has 0 unspecified atom stereocenters. The quantitative estimate of drug-likeness (QED) is 0.501. The largest absolute Gasteiger partial charge is 0.433 e. The van der Waals surface area contributed by atoms with Crippen LogP contribution < -0.4 is 0 Å². The predicted octanol–water partition coefficient (Wildman–Crippen LogP) is 4.44. The van der Waals surface area contributed by atoms with Crippen molar-refractivity contribution in [3.63, 3.8) is 0 Å². The molecular formula is C12H16F3N. The third-order valence-electron chi connectivity index (χ3n) is 1.69. The summed E-state index contributed by atoms with van der Waals surface area (Å²) < 4.78 is 38.3. The van der Waals surface area contributed by atoms with Crippen LogP contribution >= 0.6 is 0 Å². The van der Waals surface area contributed by atoms with Gasteiger partial charge in [0.2, 0.25) is 0 Å². The number of allylic oxidation sites excluding steroid dienone is 4. The summed E-state index contributed by atoms with van der Waals surface area (Å²) in [5.74, 6) is 0. The van der Waals surface area contributed by atoms with E-state index in [0.717, 1.165) is 0 Å². The minimum atomic E-state index is -4.49. The number of aliphatic imine (C=N–C) groups is 1. The molecule has 0 atom stereocenters. The number of nitrogens with zero attached hydrogens (tertiary/aromatic N) is 1. The maximum absolute atomic E-state index is 12.8. The molecule has 0 aliphatic heterocycles. The normalized spacial score (nSPS) is 13.9. The van der Waals surface area contributed by atoms with Gasteiger partial charge in [0.05, 0.1) is 0 Å². The molecule has 0 heterocycles. The van der Waals surface area contributed by atoms with Crippen molar-refractivity contribution in [2.45, 2.75) is 33.4 Å². The van der Waals surface area contributed by atoms with Gasteiger partial charge in [-0.2, -0.15) is 13.2 Å². The van der Waals surface area contributed by atoms with Crippen LogP contribution in [-0.2, 0) is 0 Å². The summed E-state index contributed by atoms with van der Waals surface area (Å²) >= 11 is 0. The van der Waals surface area contributed by atoms with Crippen LogP contribution in [0.15, 0.2) is 41.1 Å². The van der Waals surface area contributed by atoms with Gasteiger partial charge in [-0.25, -0.2) is 4.99 Å². The number of hydrogen-bond acceptors (Lipinski definition) is 1. The lowest BCUT2D eigenvalue weighted by Gasteiger charge is -2.14. The summed E-state index contributed by atoms with van der Waals surface area (Å²) in [4.78, 5) is 3.46. The SMILES string of the molecule is C=C(C)N=C(/C(=C\CC)C(=C)C)C(F)(F)F. The van der Waals surface area contributed by atoms with Crippen LogP contribution in [0, 0.1) is 0 Å². The Morgan fingerprint density at radius 1 is 1.25 bits per heavy atom. The van der Waals surface area contributed by atoms with Gasteiger partial charge in [0.1, 0.15) is 0 Å². The van der Waals surface area contributed by atoms with Crippen LogP contribution in [0.4, 0.5) is 13.2 Å². The second-order valence-electron chi connectivity index (χ2n) is 3.50. The number of rotatable bonds is 4. The lowest BCUT2D eigenvalue weighted by Crippen LogP contribution is -2.25. The number of hydrogen-bond donors (Lipinski definition) is 0. The highest BCUT2D eigenvalue weighted by Crippen LogP contribution is 2.26. The van der Waals surface area contributed by atoms with Crippen molar-refractivity contribution in [3.8, 4) is 0 Å². The Bertz CT molecular complexity index is 346.